The van der Waals surface area contributed by atoms with Crippen LogP contribution in [-0.2, 0) is 12.8 Å². The summed E-state index contributed by atoms with van der Waals surface area (Å²) in [4.78, 5) is 4.54. The average molecular weight is 344 g/mol. The second kappa shape index (κ2) is 5.74. The number of hydrogen-bond acceptors (Lipinski definition) is 4. The molecular formula is C16H14BrN3O. The van der Waals surface area contributed by atoms with E-state index in [-0.39, 0.29) is 0 Å². The number of benzene rings is 1. The van der Waals surface area contributed by atoms with Crippen molar-refractivity contribution >= 4 is 21.6 Å². The average Bonchev–Trinajstić information content (AvgIpc) is 2.50. The lowest BCUT2D eigenvalue weighted by atomic mass is 9.95. The molecule has 0 fully saturated rings. The molecule has 0 unspecified atom stereocenters. The zero-order valence-electron chi connectivity index (χ0n) is 11.4. The smallest absolute Gasteiger partial charge is 0.237 e. The minimum Gasteiger partial charge on any atom is -0.434 e. The van der Waals surface area contributed by atoms with E-state index >= 15 is 0 Å². The van der Waals surface area contributed by atoms with E-state index in [1.807, 2.05) is 18.2 Å². The summed E-state index contributed by atoms with van der Waals surface area (Å²) in [6.07, 6.45) is 4.19. The fourth-order valence-corrected chi connectivity index (χ4v) is 2.96. The molecule has 1 aromatic heterocycles. The number of pyridine rings is 1. The molecule has 1 aliphatic rings. The van der Waals surface area contributed by atoms with Crippen LogP contribution in [0.25, 0.3) is 0 Å². The zero-order chi connectivity index (χ0) is 14.8. The van der Waals surface area contributed by atoms with Crippen LogP contribution in [0.5, 0.6) is 11.6 Å². The number of nitrogen functional groups attached to an aromatic ring is 1. The molecule has 0 aliphatic heterocycles. The highest BCUT2D eigenvalue weighted by atomic mass is 79.9. The number of nitrogens with two attached hydrogens (primary N) is 1. The Morgan fingerprint density at radius 3 is 2.86 bits per heavy atom. The molecule has 4 nitrogen and oxygen atoms in total. The van der Waals surface area contributed by atoms with Gasteiger partial charge in [-0.15, -0.1) is 0 Å². The Morgan fingerprint density at radius 1 is 1.29 bits per heavy atom. The molecule has 106 valence electrons. The van der Waals surface area contributed by atoms with Gasteiger partial charge in [0.2, 0.25) is 5.88 Å². The van der Waals surface area contributed by atoms with Crippen LogP contribution in [0.3, 0.4) is 0 Å². The molecule has 0 amide bonds. The Balaban J connectivity index is 2.04. The number of nitrogens with zero attached hydrogens (tertiary/aromatic N) is 2. The topological polar surface area (TPSA) is 71.9 Å². The normalized spacial score (nSPS) is 13.3. The number of anilines is 1. The van der Waals surface area contributed by atoms with Gasteiger partial charge in [0.1, 0.15) is 11.6 Å². The van der Waals surface area contributed by atoms with Crippen LogP contribution in [0.15, 0.2) is 28.7 Å². The van der Waals surface area contributed by atoms with Crippen molar-refractivity contribution in [1.82, 2.24) is 4.98 Å². The van der Waals surface area contributed by atoms with Gasteiger partial charge < -0.3 is 10.5 Å². The lowest BCUT2D eigenvalue weighted by Gasteiger charge is -2.17. The second-order valence-corrected chi connectivity index (χ2v) is 5.88. The van der Waals surface area contributed by atoms with Gasteiger partial charge in [-0.1, -0.05) is 6.07 Å². The quantitative estimate of drug-likeness (QED) is 0.837. The van der Waals surface area contributed by atoms with Crippen LogP contribution in [0.2, 0.25) is 0 Å². The fourth-order valence-electron chi connectivity index (χ4n) is 2.50. The SMILES string of the molecule is N#Cc1cc2c(nc1Oc1c(N)cccc1Br)CCCC2. The molecule has 5 heteroatoms. The molecule has 1 aliphatic carbocycles. The summed E-state index contributed by atoms with van der Waals surface area (Å²) in [5.41, 5.74) is 9.08. The van der Waals surface area contributed by atoms with Crippen molar-refractivity contribution < 1.29 is 4.74 Å². The van der Waals surface area contributed by atoms with E-state index in [0.29, 0.717) is 22.9 Å². The highest BCUT2D eigenvalue weighted by Crippen LogP contribution is 2.36. The molecule has 0 saturated carbocycles. The van der Waals surface area contributed by atoms with Crippen LogP contribution in [-0.4, -0.2) is 4.98 Å². The van der Waals surface area contributed by atoms with Crippen LogP contribution in [0.4, 0.5) is 5.69 Å². The van der Waals surface area contributed by atoms with Crippen molar-refractivity contribution in [3.05, 3.63) is 45.6 Å². The maximum atomic E-state index is 9.32. The van der Waals surface area contributed by atoms with Crippen LogP contribution < -0.4 is 10.5 Å². The maximum absolute atomic E-state index is 9.32. The van der Waals surface area contributed by atoms with Gasteiger partial charge in [0, 0.05) is 5.69 Å². The van der Waals surface area contributed by atoms with E-state index in [1.54, 1.807) is 6.07 Å². The third kappa shape index (κ3) is 2.72. The van der Waals surface area contributed by atoms with Crippen molar-refractivity contribution in [3.8, 4) is 17.7 Å². The molecule has 0 spiro atoms. The summed E-state index contributed by atoms with van der Waals surface area (Å²) in [6.45, 7) is 0. The number of nitriles is 1. The lowest BCUT2D eigenvalue weighted by molar-refractivity contribution is 0.455. The van der Waals surface area contributed by atoms with Gasteiger partial charge in [-0.05, 0) is 65.4 Å². The summed E-state index contributed by atoms with van der Waals surface area (Å²) < 4.78 is 6.56. The Hall–Kier alpha value is -2.06. The summed E-state index contributed by atoms with van der Waals surface area (Å²) >= 11 is 3.41. The Labute approximate surface area is 131 Å². The largest absolute Gasteiger partial charge is 0.434 e. The summed E-state index contributed by atoms with van der Waals surface area (Å²) in [5, 5.41) is 9.32. The summed E-state index contributed by atoms with van der Waals surface area (Å²) in [7, 11) is 0. The minimum absolute atomic E-state index is 0.330. The van der Waals surface area contributed by atoms with E-state index in [4.69, 9.17) is 10.5 Å². The monoisotopic (exact) mass is 343 g/mol. The van der Waals surface area contributed by atoms with E-state index in [2.05, 4.69) is 27.0 Å². The van der Waals surface area contributed by atoms with Gasteiger partial charge in [0.05, 0.1) is 10.2 Å². The van der Waals surface area contributed by atoms with Crippen molar-refractivity contribution in [2.75, 3.05) is 5.73 Å². The first kappa shape index (κ1) is 13.9. The van der Waals surface area contributed by atoms with E-state index in [0.717, 1.165) is 41.4 Å². The van der Waals surface area contributed by atoms with Crippen molar-refractivity contribution in [3.63, 3.8) is 0 Å². The molecule has 0 saturated heterocycles. The van der Waals surface area contributed by atoms with Gasteiger partial charge in [-0.25, -0.2) is 4.98 Å². The van der Waals surface area contributed by atoms with Gasteiger partial charge in [0.15, 0.2) is 5.75 Å². The molecule has 1 heterocycles. The number of ether oxygens (including phenoxy) is 1. The number of hydrogen-bond donors (Lipinski definition) is 1. The van der Waals surface area contributed by atoms with Gasteiger partial charge in [-0.2, -0.15) is 5.26 Å². The van der Waals surface area contributed by atoms with Crippen molar-refractivity contribution in [2.24, 2.45) is 0 Å². The molecule has 3 rings (SSSR count). The number of para-hydroxylation sites is 1. The third-order valence-electron chi connectivity index (χ3n) is 3.58. The Bertz CT molecular complexity index is 717. The van der Waals surface area contributed by atoms with E-state index < -0.39 is 0 Å². The molecule has 0 atom stereocenters. The number of aromatic nitrogens is 1. The fraction of sp³-hybridized carbons (Fsp3) is 0.250. The van der Waals surface area contributed by atoms with Gasteiger partial charge in [-0.3, -0.25) is 0 Å². The van der Waals surface area contributed by atoms with E-state index in [9.17, 15) is 5.26 Å². The number of halogens is 1. The third-order valence-corrected chi connectivity index (χ3v) is 4.21. The number of rotatable bonds is 2. The van der Waals surface area contributed by atoms with Crippen LogP contribution in [0, 0.1) is 11.3 Å². The summed E-state index contributed by atoms with van der Waals surface area (Å²) in [6, 6.07) is 9.48. The lowest BCUT2D eigenvalue weighted by Crippen LogP contribution is -2.08. The van der Waals surface area contributed by atoms with Gasteiger partial charge >= 0.3 is 0 Å². The Morgan fingerprint density at radius 2 is 2.10 bits per heavy atom. The van der Waals surface area contributed by atoms with Crippen LogP contribution in [0.1, 0.15) is 29.7 Å². The first-order valence-corrected chi connectivity index (χ1v) is 7.63. The highest BCUT2D eigenvalue weighted by molar-refractivity contribution is 9.10. The predicted molar refractivity (Wildman–Crippen MR) is 84.2 cm³/mol. The van der Waals surface area contributed by atoms with Crippen molar-refractivity contribution in [1.29, 1.82) is 5.26 Å². The van der Waals surface area contributed by atoms with Crippen molar-refractivity contribution in [2.45, 2.75) is 25.7 Å². The standard InChI is InChI=1S/C16H14BrN3O/c17-12-5-3-6-13(19)15(12)21-16-11(9-18)8-10-4-1-2-7-14(10)20-16/h3,5-6,8H,1-2,4,7,19H2. The molecule has 2 N–H and O–H groups in total. The van der Waals surface area contributed by atoms with Crippen LogP contribution >= 0.6 is 15.9 Å². The molecule has 0 radical (unpaired) electrons. The molecule has 0 bridgehead atoms. The first-order chi connectivity index (χ1) is 10.2. The molecule has 21 heavy (non-hydrogen) atoms. The minimum atomic E-state index is 0.330. The highest BCUT2D eigenvalue weighted by Gasteiger charge is 2.18. The first-order valence-electron chi connectivity index (χ1n) is 6.84. The maximum Gasteiger partial charge on any atom is 0.237 e. The molecule has 1 aromatic carbocycles. The van der Waals surface area contributed by atoms with Gasteiger partial charge in [0.25, 0.3) is 0 Å². The molecule has 2 aromatic rings. The zero-order valence-corrected chi connectivity index (χ0v) is 13.0. The molecular weight excluding hydrogens is 330 g/mol. The number of fused-ring (bicyclic) bond motifs is 1. The second-order valence-electron chi connectivity index (χ2n) is 5.03. The number of aryl methyl sites for hydroxylation is 2. The predicted octanol–water partition coefficient (Wildman–Crippen LogP) is 3.97. The Kier molecular flexibility index (Phi) is 3.80. The van der Waals surface area contributed by atoms with E-state index in [1.165, 1.54) is 0 Å². The summed E-state index contributed by atoms with van der Waals surface area (Å²) in [5.74, 6) is 0.828.